The summed E-state index contributed by atoms with van der Waals surface area (Å²) < 4.78 is 28.2. The summed E-state index contributed by atoms with van der Waals surface area (Å²) in [6.07, 6.45) is 6.05. The zero-order valence-electron chi connectivity index (χ0n) is 22.2. The summed E-state index contributed by atoms with van der Waals surface area (Å²) in [5, 5.41) is 9.96. The molecule has 3 aromatic carbocycles. The van der Waals surface area contributed by atoms with Crippen LogP contribution in [0.4, 0.5) is 8.78 Å². The molecule has 1 unspecified atom stereocenters. The first kappa shape index (κ1) is 26.5. The van der Waals surface area contributed by atoms with Crippen LogP contribution in [-0.2, 0) is 24.1 Å². The van der Waals surface area contributed by atoms with Crippen molar-refractivity contribution >= 4 is 11.4 Å². The quantitative estimate of drug-likeness (QED) is 0.242. The molecular weight excluding hydrogens is 492 g/mol. The van der Waals surface area contributed by atoms with Gasteiger partial charge in [-0.15, -0.1) is 0 Å². The minimum Gasteiger partial charge on any atom is -0.508 e. The molecule has 0 amide bonds. The third-order valence-electron chi connectivity index (χ3n) is 7.49. The SMILES string of the molecule is CCc1ccc(-c2cccnc2C(CC(=O)CC2=CCc3ccc(O)cc32)Cc2cc(F)cc(F)c2)c(C)c1. The average Bonchev–Trinajstić information content (AvgIpc) is 3.29. The number of halogens is 2. The number of hydrogen-bond donors (Lipinski definition) is 1. The maximum atomic E-state index is 14.1. The number of ketones is 1. The van der Waals surface area contributed by atoms with Gasteiger partial charge in [0, 0.05) is 36.6 Å². The highest BCUT2D eigenvalue weighted by molar-refractivity contribution is 5.92. The Morgan fingerprint density at radius 2 is 1.74 bits per heavy atom. The van der Waals surface area contributed by atoms with E-state index < -0.39 is 11.6 Å². The first-order chi connectivity index (χ1) is 18.8. The number of fused-ring (bicyclic) bond motifs is 1. The predicted molar refractivity (Wildman–Crippen MR) is 151 cm³/mol. The van der Waals surface area contributed by atoms with Crippen LogP contribution in [0.15, 0.2) is 79.0 Å². The molecule has 0 bridgehead atoms. The number of rotatable bonds is 9. The molecule has 1 heterocycles. The van der Waals surface area contributed by atoms with Gasteiger partial charge in [-0.1, -0.05) is 43.3 Å². The van der Waals surface area contributed by atoms with Gasteiger partial charge in [0.1, 0.15) is 23.2 Å². The number of phenols is 1. The van der Waals surface area contributed by atoms with Gasteiger partial charge in [0.05, 0.1) is 5.69 Å². The van der Waals surface area contributed by atoms with E-state index in [1.165, 1.54) is 17.7 Å². The first-order valence-corrected chi connectivity index (χ1v) is 13.3. The number of aromatic nitrogens is 1. The molecule has 1 aromatic heterocycles. The van der Waals surface area contributed by atoms with Crippen molar-refractivity contribution in [1.82, 2.24) is 4.98 Å². The third-order valence-corrected chi connectivity index (χ3v) is 7.49. The van der Waals surface area contributed by atoms with Crippen molar-refractivity contribution in [2.45, 2.75) is 51.9 Å². The molecule has 39 heavy (non-hydrogen) atoms. The lowest BCUT2D eigenvalue weighted by Gasteiger charge is -2.21. The van der Waals surface area contributed by atoms with E-state index in [1.54, 1.807) is 18.3 Å². The maximum Gasteiger partial charge on any atom is 0.137 e. The first-order valence-electron chi connectivity index (χ1n) is 13.3. The smallest absolute Gasteiger partial charge is 0.137 e. The van der Waals surface area contributed by atoms with Crippen LogP contribution in [0, 0.1) is 18.6 Å². The van der Waals surface area contributed by atoms with E-state index in [-0.39, 0.29) is 36.7 Å². The van der Waals surface area contributed by atoms with E-state index in [0.717, 1.165) is 58.0 Å². The van der Waals surface area contributed by atoms with Crippen molar-refractivity contribution in [2.75, 3.05) is 0 Å². The zero-order valence-corrected chi connectivity index (χ0v) is 22.2. The van der Waals surface area contributed by atoms with Crippen LogP contribution >= 0.6 is 0 Å². The molecule has 5 heteroatoms. The molecule has 0 fully saturated rings. The van der Waals surface area contributed by atoms with Gasteiger partial charge in [0.2, 0.25) is 0 Å². The summed E-state index contributed by atoms with van der Waals surface area (Å²) in [7, 11) is 0. The Hall–Kier alpha value is -4.12. The van der Waals surface area contributed by atoms with Crippen LogP contribution in [0.3, 0.4) is 0 Å². The number of hydrogen-bond acceptors (Lipinski definition) is 3. The normalized spacial score (nSPS) is 13.2. The summed E-state index contributed by atoms with van der Waals surface area (Å²) in [5.41, 5.74) is 8.39. The number of nitrogens with zero attached hydrogens (tertiary/aromatic N) is 1. The van der Waals surface area contributed by atoms with E-state index in [0.29, 0.717) is 5.56 Å². The standard InChI is InChI=1S/C34H31F2NO2/c1-3-22-6-11-31(21(2)13-22)32-5-4-12-37-34(32)26(14-23-15-27(35)19-28(36)16-23)18-30(39)17-25-8-7-24-9-10-29(38)20-33(24)25/h4-6,8-13,15-16,19-20,26,38H,3,7,14,17-18H2,1-2H3. The number of Topliss-reactive ketones (excluding diaryl/α,β-unsaturated/α-hetero) is 1. The molecule has 1 atom stereocenters. The number of allylic oxidation sites excluding steroid dienone is 2. The summed E-state index contributed by atoms with van der Waals surface area (Å²) in [4.78, 5) is 18.2. The molecular formula is C34H31F2NO2. The van der Waals surface area contributed by atoms with E-state index >= 15 is 0 Å². The molecule has 4 aromatic rings. The fraction of sp³-hybridized carbons (Fsp3) is 0.235. The fourth-order valence-electron chi connectivity index (χ4n) is 5.61. The summed E-state index contributed by atoms with van der Waals surface area (Å²) in [6.45, 7) is 4.18. The molecule has 1 N–H and O–H groups in total. The van der Waals surface area contributed by atoms with Gasteiger partial charge >= 0.3 is 0 Å². The van der Waals surface area contributed by atoms with E-state index in [9.17, 15) is 18.7 Å². The van der Waals surface area contributed by atoms with Gasteiger partial charge in [-0.3, -0.25) is 9.78 Å². The van der Waals surface area contributed by atoms with Crippen molar-refractivity contribution in [1.29, 1.82) is 0 Å². The Bertz CT molecular complexity index is 1550. The molecule has 0 radical (unpaired) electrons. The third kappa shape index (κ3) is 5.98. The number of carbonyl (C=O) groups excluding carboxylic acids is 1. The van der Waals surface area contributed by atoms with Gasteiger partial charge in [0.25, 0.3) is 0 Å². The van der Waals surface area contributed by atoms with Crippen molar-refractivity contribution < 1.29 is 18.7 Å². The fourth-order valence-corrected chi connectivity index (χ4v) is 5.61. The lowest BCUT2D eigenvalue weighted by atomic mass is 9.84. The molecule has 0 spiro atoms. The number of benzene rings is 3. The minimum atomic E-state index is -0.644. The van der Waals surface area contributed by atoms with E-state index in [1.807, 2.05) is 24.3 Å². The molecule has 0 saturated carbocycles. The lowest BCUT2D eigenvalue weighted by Crippen LogP contribution is -2.13. The summed E-state index contributed by atoms with van der Waals surface area (Å²) in [5.74, 6) is -1.49. The van der Waals surface area contributed by atoms with Crippen molar-refractivity contribution in [2.24, 2.45) is 0 Å². The van der Waals surface area contributed by atoms with Crippen LogP contribution in [0.5, 0.6) is 5.75 Å². The molecule has 0 aliphatic heterocycles. The van der Waals surface area contributed by atoms with Gasteiger partial charge in [0.15, 0.2) is 0 Å². The lowest BCUT2D eigenvalue weighted by molar-refractivity contribution is -0.118. The molecule has 5 rings (SSSR count). The number of aromatic hydroxyl groups is 1. The second kappa shape index (κ2) is 11.3. The maximum absolute atomic E-state index is 14.1. The van der Waals surface area contributed by atoms with E-state index in [4.69, 9.17) is 4.98 Å². The van der Waals surface area contributed by atoms with Gasteiger partial charge in [-0.05, 0) is 95.5 Å². The van der Waals surface area contributed by atoms with Crippen molar-refractivity contribution in [3.63, 3.8) is 0 Å². The topological polar surface area (TPSA) is 50.2 Å². The number of phenolic OH excluding ortho intramolecular Hbond substituents is 1. The van der Waals surface area contributed by atoms with Crippen molar-refractivity contribution in [3.8, 4) is 16.9 Å². The van der Waals surface area contributed by atoms with Crippen LogP contribution in [0.1, 0.15) is 59.2 Å². The molecule has 1 aliphatic carbocycles. The zero-order chi connectivity index (χ0) is 27.5. The second-order valence-electron chi connectivity index (χ2n) is 10.3. The highest BCUT2D eigenvalue weighted by Gasteiger charge is 2.25. The summed E-state index contributed by atoms with van der Waals surface area (Å²) >= 11 is 0. The largest absolute Gasteiger partial charge is 0.508 e. The number of carbonyl (C=O) groups is 1. The highest BCUT2D eigenvalue weighted by atomic mass is 19.1. The van der Waals surface area contributed by atoms with Gasteiger partial charge in [-0.25, -0.2) is 8.78 Å². The average molecular weight is 524 g/mol. The van der Waals surface area contributed by atoms with Crippen molar-refractivity contribution in [3.05, 3.63) is 124 Å². The van der Waals surface area contributed by atoms with Gasteiger partial charge < -0.3 is 5.11 Å². The van der Waals surface area contributed by atoms with Gasteiger partial charge in [-0.2, -0.15) is 0 Å². The Balaban J connectivity index is 1.49. The monoisotopic (exact) mass is 523 g/mol. The molecule has 198 valence electrons. The number of pyridine rings is 1. The van der Waals surface area contributed by atoms with Crippen LogP contribution in [0.2, 0.25) is 0 Å². The highest BCUT2D eigenvalue weighted by Crippen LogP contribution is 2.37. The molecule has 3 nitrogen and oxygen atoms in total. The molecule has 0 saturated heterocycles. The minimum absolute atomic E-state index is 0.00831. The predicted octanol–water partition coefficient (Wildman–Crippen LogP) is 7.92. The Kier molecular flexibility index (Phi) is 7.69. The number of aryl methyl sites for hydroxylation is 2. The Morgan fingerprint density at radius 3 is 2.49 bits per heavy atom. The Labute approximate surface area is 227 Å². The van der Waals surface area contributed by atoms with E-state index in [2.05, 4.69) is 32.0 Å². The van der Waals surface area contributed by atoms with Crippen LogP contribution in [-0.4, -0.2) is 15.9 Å². The molecule has 1 aliphatic rings. The summed E-state index contributed by atoms with van der Waals surface area (Å²) in [6, 6.07) is 19.0. The Morgan fingerprint density at radius 1 is 0.949 bits per heavy atom. The van der Waals surface area contributed by atoms with Crippen LogP contribution < -0.4 is 0 Å². The van der Waals surface area contributed by atoms with Crippen LogP contribution in [0.25, 0.3) is 16.7 Å². The second-order valence-corrected chi connectivity index (χ2v) is 10.3.